The Kier molecular flexibility index (Phi) is 10.6. The first-order chi connectivity index (χ1) is 14.9. The second-order valence-electron chi connectivity index (χ2n) is 8.24. The summed E-state index contributed by atoms with van der Waals surface area (Å²) in [5.41, 5.74) is 2.46. The van der Waals surface area contributed by atoms with E-state index in [1.807, 2.05) is 13.0 Å². The van der Waals surface area contributed by atoms with Crippen LogP contribution in [0.15, 0.2) is 35.5 Å². The van der Waals surface area contributed by atoms with Crippen LogP contribution in [0.5, 0.6) is 0 Å². The number of likely N-dealkylation sites (tertiary alicyclic amines) is 1. The highest BCUT2D eigenvalue weighted by molar-refractivity contribution is 14.0. The van der Waals surface area contributed by atoms with E-state index in [4.69, 9.17) is 4.99 Å². The lowest BCUT2D eigenvalue weighted by molar-refractivity contribution is -0.146. The van der Waals surface area contributed by atoms with Crippen LogP contribution in [0.25, 0.3) is 10.9 Å². The Morgan fingerprint density at radius 1 is 1.28 bits per heavy atom. The number of rotatable bonds is 9. The van der Waals surface area contributed by atoms with E-state index in [0.29, 0.717) is 13.1 Å². The summed E-state index contributed by atoms with van der Waals surface area (Å²) >= 11 is 0. The number of guanidine groups is 1. The third kappa shape index (κ3) is 7.83. The maximum Gasteiger partial charge on any atom is 0.401 e. The number of halogens is 4. The number of nitrogens with zero attached hydrogens (tertiary/aromatic N) is 3. The minimum absolute atomic E-state index is 0. The molecule has 0 aliphatic carbocycles. The highest BCUT2D eigenvalue weighted by Crippen LogP contribution is 2.22. The molecule has 0 saturated carbocycles. The van der Waals surface area contributed by atoms with E-state index < -0.39 is 12.7 Å². The third-order valence-electron chi connectivity index (χ3n) is 5.83. The first kappa shape index (κ1) is 26.8. The molecule has 2 N–H and O–H groups in total. The summed E-state index contributed by atoms with van der Waals surface area (Å²) in [6, 6.07) is 8.30. The Balaban J connectivity index is 0.00000363. The molecule has 32 heavy (non-hydrogen) atoms. The summed E-state index contributed by atoms with van der Waals surface area (Å²) < 4.78 is 38.2. The molecule has 2 aromatic rings. The van der Waals surface area contributed by atoms with Crippen molar-refractivity contribution in [2.45, 2.75) is 39.3 Å². The van der Waals surface area contributed by atoms with Crippen molar-refractivity contribution < 1.29 is 13.2 Å². The van der Waals surface area contributed by atoms with Gasteiger partial charge in [-0.3, -0.25) is 9.89 Å². The molecule has 1 aromatic heterocycles. The van der Waals surface area contributed by atoms with E-state index >= 15 is 0 Å². The number of aromatic nitrogens is 1. The molecule has 0 amide bonds. The van der Waals surface area contributed by atoms with Gasteiger partial charge in [0, 0.05) is 49.8 Å². The summed E-state index contributed by atoms with van der Waals surface area (Å²) in [6.07, 6.45) is 0.732. The van der Waals surface area contributed by atoms with E-state index in [1.54, 1.807) is 6.92 Å². The van der Waals surface area contributed by atoms with Crippen LogP contribution in [0.4, 0.5) is 13.2 Å². The Morgan fingerprint density at radius 2 is 2.06 bits per heavy atom. The van der Waals surface area contributed by atoms with Gasteiger partial charge in [-0.25, -0.2) is 0 Å². The molecule has 1 aromatic carbocycles. The highest BCUT2D eigenvalue weighted by atomic mass is 127. The third-order valence-corrected chi connectivity index (χ3v) is 5.83. The fourth-order valence-corrected chi connectivity index (χ4v) is 4.32. The molecule has 0 bridgehead atoms. The topological polar surface area (TPSA) is 46.7 Å². The maximum atomic E-state index is 12.7. The van der Waals surface area contributed by atoms with Gasteiger partial charge in [0.25, 0.3) is 0 Å². The molecule has 1 unspecified atom stereocenters. The Labute approximate surface area is 205 Å². The van der Waals surface area contributed by atoms with Crippen LogP contribution < -0.4 is 5.32 Å². The lowest BCUT2D eigenvalue weighted by atomic mass is 10.1. The van der Waals surface area contributed by atoms with Gasteiger partial charge in [0.2, 0.25) is 0 Å². The van der Waals surface area contributed by atoms with Crippen molar-refractivity contribution in [1.82, 2.24) is 20.1 Å². The zero-order valence-electron chi connectivity index (χ0n) is 18.9. The lowest BCUT2D eigenvalue weighted by Gasteiger charge is -2.26. The van der Waals surface area contributed by atoms with E-state index in [0.717, 1.165) is 56.9 Å². The molecule has 180 valence electrons. The number of hydrogen-bond donors (Lipinski definition) is 2. The normalized spacial score (nSPS) is 17.2. The number of alkyl halides is 3. The average Bonchev–Trinajstić information content (AvgIpc) is 3.36. The number of H-pyrrole nitrogens is 1. The van der Waals surface area contributed by atoms with Gasteiger partial charge in [-0.05, 0) is 50.3 Å². The number of aromatic amines is 1. The molecule has 0 radical (unpaired) electrons. The van der Waals surface area contributed by atoms with Gasteiger partial charge in [-0.15, -0.1) is 24.0 Å². The summed E-state index contributed by atoms with van der Waals surface area (Å²) in [4.78, 5) is 11.8. The molecular formula is C23H35F3IN5. The van der Waals surface area contributed by atoms with Gasteiger partial charge in [-0.1, -0.05) is 25.1 Å². The van der Waals surface area contributed by atoms with Crippen LogP contribution in [-0.2, 0) is 6.42 Å². The van der Waals surface area contributed by atoms with Crippen LogP contribution in [0.3, 0.4) is 0 Å². The van der Waals surface area contributed by atoms with Crippen molar-refractivity contribution in [3.8, 4) is 0 Å². The Hall–Kier alpha value is -1.49. The van der Waals surface area contributed by atoms with E-state index in [9.17, 15) is 13.2 Å². The SMILES string of the molecule is CCNC(=NCCCc1c[nH]c2ccccc12)N1CCC(CN(CC)CC(F)(F)F)C1.I. The van der Waals surface area contributed by atoms with Crippen LogP contribution in [0.1, 0.15) is 32.3 Å². The molecular weight excluding hydrogens is 530 g/mol. The molecule has 1 aliphatic rings. The van der Waals surface area contributed by atoms with Gasteiger partial charge in [0.15, 0.2) is 5.96 Å². The van der Waals surface area contributed by atoms with Crippen molar-refractivity contribution in [2.75, 3.05) is 45.8 Å². The number of benzene rings is 1. The predicted octanol–water partition coefficient (Wildman–Crippen LogP) is 4.89. The molecule has 0 spiro atoms. The van der Waals surface area contributed by atoms with Crippen molar-refractivity contribution in [2.24, 2.45) is 10.9 Å². The number of nitrogens with one attached hydrogen (secondary N) is 2. The largest absolute Gasteiger partial charge is 0.401 e. The summed E-state index contributed by atoms with van der Waals surface area (Å²) in [5, 5.41) is 4.61. The first-order valence-corrected chi connectivity index (χ1v) is 11.3. The number of para-hydroxylation sites is 1. The number of fused-ring (bicyclic) bond motifs is 1. The van der Waals surface area contributed by atoms with Gasteiger partial charge in [0.1, 0.15) is 0 Å². The van der Waals surface area contributed by atoms with Crippen LogP contribution in [0, 0.1) is 5.92 Å². The van der Waals surface area contributed by atoms with E-state index in [2.05, 4.69) is 39.6 Å². The van der Waals surface area contributed by atoms with Crippen molar-refractivity contribution >= 4 is 40.8 Å². The average molecular weight is 565 g/mol. The van der Waals surface area contributed by atoms with Crippen LogP contribution >= 0.6 is 24.0 Å². The van der Waals surface area contributed by atoms with Crippen LogP contribution in [-0.4, -0.2) is 72.7 Å². The lowest BCUT2D eigenvalue weighted by Crippen LogP contribution is -2.42. The molecule has 1 fully saturated rings. The molecule has 1 atom stereocenters. The second kappa shape index (κ2) is 12.7. The van der Waals surface area contributed by atoms with E-state index in [-0.39, 0.29) is 29.9 Å². The fourth-order valence-electron chi connectivity index (χ4n) is 4.32. The summed E-state index contributed by atoms with van der Waals surface area (Å²) in [5.74, 6) is 1.11. The quantitative estimate of drug-likeness (QED) is 0.197. The molecule has 1 saturated heterocycles. The monoisotopic (exact) mass is 565 g/mol. The molecule has 2 heterocycles. The predicted molar refractivity (Wildman–Crippen MR) is 136 cm³/mol. The summed E-state index contributed by atoms with van der Waals surface area (Å²) in [7, 11) is 0. The zero-order chi connectivity index (χ0) is 22.3. The minimum atomic E-state index is -4.14. The fraction of sp³-hybridized carbons (Fsp3) is 0.609. The van der Waals surface area contributed by atoms with Crippen molar-refractivity contribution in [3.05, 3.63) is 36.0 Å². The standard InChI is InChI=1S/C23H34F3N5.HI/c1-3-27-22(28-12-7-8-19-14-29-21-10-6-5-9-20(19)21)31-13-11-18(16-31)15-30(4-2)17-23(24,25)26;/h5-6,9-10,14,18,29H,3-4,7-8,11-13,15-17H2,1-2H3,(H,27,28);1H. The number of hydrogen-bond acceptors (Lipinski definition) is 2. The number of aryl methyl sites for hydroxylation is 1. The van der Waals surface area contributed by atoms with Gasteiger partial charge >= 0.3 is 6.18 Å². The van der Waals surface area contributed by atoms with Gasteiger partial charge in [-0.2, -0.15) is 13.2 Å². The maximum absolute atomic E-state index is 12.7. The van der Waals surface area contributed by atoms with Gasteiger partial charge in [0.05, 0.1) is 6.54 Å². The highest BCUT2D eigenvalue weighted by Gasteiger charge is 2.33. The Morgan fingerprint density at radius 3 is 2.78 bits per heavy atom. The van der Waals surface area contributed by atoms with Crippen molar-refractivity contribution in [3.63, 3.8) is 0 Å². The minimum Gasteiger partial charge on any atom is -0.361 e. The summed E-state index contributed by atoms with van der Waals surface area (Å²) in [6.45, 7) is 6.97. The molecule has 1 aliphatic heterocycles. The number of aliphatic imine (C=N–C) groups is 1. The molecule has 3 rings (SSSR count). The zero-order valence-corrected chi connectivity index (χ0v) is 21.2. The Bertz CT molecular complexity index is 852. The smallest absolute Gasteiger partial charge is 0.361 e. The van der Waals surface area contributed by atoms with Crippen LogP contribution in [0.2, 0.25) is 0 Å². The van der Waals surface area contributed by atoms with Gasteiger partial charge < -0.3 is 15.2 Å². The van der Waals surface area contributed by atoms with E-state index in [1.165, 1.54) is 15.8 Å². The molecule has 5 nitrogen and oxygen atoms in total. The van der Waals surface area contributed by atoms with Crippen molar-refractivity contribution in [1.29, 1.82) is 0 Å². The second-order valence-corrected chi connectivity index (χ2v) is 8.24. The first-order valence-electron chi connectivity index (χ1n) is 11.3. The molecule has 9 heteroatoms.